The molecule has 0 spiro atoms. The maximum Gasteiger partial charge on any atom is 0.344 e. The lowest BCUT2D eigenvalue weighted by molar-refractivity contribution is -0.124. The van der Waals surface area contributed by atoms with Gasteiger partial charge in [-0.05, 0) is 13.8 Å². The van der Waals surface area contributed by atoms with E-state index in [0.29, 0.717) is 11.9 Å². The highest BCUT2D eigenvalue weighted by molar-refractivity contribution is 6.24. The van der Waals surface area contributed by atoms with Crippen LogP contribution in [-0.4, -0.2) is 35.1 Å². The summed E-state index contributed by atoms with van der Waals surface area (Å²) >= 11 is 0. The van der Waals surface area contributed by atoms with Gasteiger partial charge in [0, 0.05) is 5.71 Å². The Labute approximate surface area is 80.8 Å². The van der Waals surface area contributed by atoms with Crippen molar-refractivity contribution in [2.75, 3.05) is 6.54 Å². The SMILES string of the molecule is CC(C)=NNC(=O)CNC(=O)C=[N+]=[N-]. The van der Waals surface area contributed by atoms with Gasteiger partial charge in [0.2, 0.25) is 0 Å². The molecule has 0 heterocycles. The Kier molecular flexibility index (Phi) is 5.57. The van der Waals surface area contributed by atoms with Crippen molar-refractivity contribution in [2.24, 2.45) is 5.10 Å². The minimum Gasteiger partial charge on any atom is -0.361 e. The predicted octanol–water partition coefficient (Wildman–Crippen LogP) is -1.08. The number of amides is 2. The van der Waals surface area contributed by atoms with Crippen LogP contribution in [0.2, 0.25) is 0 Å². The molecule has 0 saturated carbocycles. The summed E-state index contributed by atoms with van der Waals surface area (Å²) in [5.74, 6) is -1.11. The Balaban J connectivity index is 3.80. The van der Waals surface area contributed by atoms with Gasteiger partial charge < -0.3 is 10.8 Å². The third kappa shape index (κ3) is 6.68. The van der Waals surface area contributed by atoms with Crippen LogP contribution < -0.4 is 10.7 Å². The molecule has 0 radical (unpaired) electrons. The fraction of sp³-hybridized carbons (Fsp3) is 0.429. The van der Waals surface area contributed by atoms with Crippen molar-refractivity contribution < 1.29 is 14.4 Å². The van der Waals surface area contributed by atoms with E-state index < -0.39 is 11.8 Å². The van der Waals surface area contributed by atoms with Crippen LogP contribution in [0.25, 0.3) is 5.53 Å². The van der Waals surface area contributed by atoms with Crippen LogP contribution in [0.15, 0.2) is 5.10 Å². The summed E-state index contributed by atoms with van der Waals surface area (Å²) in [6, 6.07) is 0. The number of rotatable bonds is 4. The fourth-order valence-electron chi connectivity index (χ4n) is 0.479. The summed E-state index contributed by atoms with van der Waals surface area (Å²) in [6.07, 6.45) is 0.654. The third-order valence-corrected chi connectivity index (χ3v) is 1.00. The topological polar surface area (TPSA) is 107 Å². The molecule has 14 heavy (non-hydrogen) atoms. The molecule has 2 N–H and O–H groups in total. The Bertz CT molecular complexity index is 299. The quantitative estimate of drug-likeness (QED) is 0.259. The van der Waals surface area contributed by atoms with Crippen LogP contribution in [0.1, 0.15) is 13.8 Å². The molecule has 0 rings (SSSR count). The second-order valence-electron chi connectivity index (χ2n) is 2.56. The van der Waals surface area contributed by atoms with E-state index in [9.17, 15) is 9.59 Å². The third-order valence-electron chi connectivity index (χ3n) is 1.00. The zero-order valence-corrected chi connectivity index (χ0v) is 7.94. The summed E-state index contributed by atoms with van der Waals surface area (Å²) in [5, 5.41) is 5.81. The van der Waals surface area contributed by atoms with Crippen molar-refractivity contribution >= 4 is 23.7 Å². The van der Waals surface area contributed by atoms with Crippen molar-refractivity contribution in [2.45, 2.75) is 13.8 Å². The maximum absolute atomic E-state index is 10.9. The van der Waals surface area contributed by atoms with Crippen LogP contribution in [0.5, 0.6) is 0 Å². The maximum atomic E-state index is 10.9. The van der Waals surface area contributed by atoms with Crippen molar-refractivity contribution in [1.29, 1.82) is 0 Å². The molecule has 0 aromatic heterocycles. The van der Waals surface area contributed by atoms with Crippen LogP contribution in [0.3, 0.4) is 0 Å². The lowest BCUT2D eigenvalue weighted by Crippen LogP contribution is -2.35. The van der Waals surface area contributed by atoms with Crippen LogP contribution in [-0.2, 0) is 9.59 Å². The minimum atomic E-state index is -0.653. The highest BCUT2D eigenvalue weighted by Crippen LogP contribution is 1.70. The van der Waals surface area contributed by atoms with Gasteiger partial charge in [-0.25, -0.2) is 5.43 Å². The van der Waals surface area contributed by atoms with Crippen molar-refractivity contribution in [1.82, 2.24) is 10.7 Å². The van der Waals surface area contributed by atoms with E-state index in [2.05, 4.69) is 20.6 Å². The summed E-state index contributed by atoms with van der Waals surface area (Å²) in [7, 11) is 0. The number of carbonyl (C=O) groups is 2. The lowest BCUT2D eigenvalue weighted by Gasteiger charge is -1.99. The van der Waals surface area contributed by atoms with E-state index in [-0.39, 0.29) is 6.54 Å². The molecule has 0 atom stereocenters. The van der Waals surface area contributed by atoms with E-state index in [4.69, 9.17) is 5.53 Å². The number of nitrogens with one attached hydrogen (secondary N) is 2. The lowest BCUT2D eigenvalue weighted by atomic mass is 10.5. The van der Waals surface area contributed by atoms with E-state index in [0.717, 1.165) is 0 Å². The molecule has 0 aromatic rings. The molecule has 0 unspecified atom stereocenters. The van der Waals surface area contributed by atoms with E-state index >= 15 is 0 Å². The molecule has 0 aliphatic carbocycles. The number of carbonyl (C=O) groups excluding carboxylic acids is 2. The Hall–Kier alpha value is -2.01. The second kappa shape index (κ2) is 6.50. The molecule has 76 valence electrons. The molecule has 7 heteroatoms. The predicted molar refractivity (Wildman–Crippen MR) is 49.6 cm³/mol. The summed E-state index contributed by atoms with van der Waals surface area (Å²) in [4.78, 5) is 24.1. The first-order valence-electron chi connectivity index (χ1n) is 3.81. The molecule has 0 aliphatic rings. The summed E-state index contributed by atoms with van der Waals surface area (Å²) < 4.78 is 0. The van der Waals surface area contributed by atoms with Gasteiger partial charge in [-0.15, -0.1) is 0 Å². The highest BCUT2D eigenvalue weighted by atomic mass is 16.2. The average Bonchev–Trinajstić information content (AvgIpc) is 2.12. The number of hydrogen-bond donors (Lipinski definition) is 2. The molecule has 7 nitrogen and oxygen atoms in total. The van der Waals surface area contributed by atoms with E-state index in [1.807, 2.05) is 0 Å². The van der Waals surface area contributed by atoms with Gasteiger partial charge in [-0.2, -0.15) is 9.89 Å². The van der Waals surface area contributed by atoms with Crippen molar-refractivity contribution in [3.8, 4) is 0 Å². The van der Waals surface area contributed by atoms with Crippen LogP contribution >= 0.6 is 0 Å². The van der Waals surface area contributed by atoms with Crippen molar-refractivity contribution in [3.63, 3.8) is 0 Å². The van der Waals surface area contributed by atoms with Gasteiger partial charge in [-0.3, -0.25) is 9.59 Å². The van der Waals surface area contributed by atoms with Gasteiger partial charge in [0.25, 0.3) is 5.91 Å². The first kappa shape index (κ1) is 12.0. The Morgan fingerprint density at radius 1 is 1.50 bits per heavy atom. The van der Waals surface area contributed by atoms with Gasteiger partial charge >= 0.3 is 12.1 Å². The zero-order chi connectivity index (χ0) is 11.0. The van der Waals surface area contributed by atoms with E-state index in [1.165, 1.54) is 0 Å². The second-order valence-corrected chi connectivity index (χ2v) is 2.56. The normalized spacial score (nSPS) is 8.14. The van der Waals surface area contributed by atoms with E-state index in [1.54, 1.807) is 13.8 Å². The monoisotopic (exact) mass is 197 g/mol. The Morgan fingerprint density at radius 3 is 2.64 bits per heavy atom. The first-order chi connectivity index (χ1) is 6.56. The van der Waals surface area contributed by atoms with Crippen LogP contribution in [0.4, 0.5) is 0 Å². The standard InChI is InChI=1S/C7H11N5O2/c1-5(2)11-12-7(14)3-9-6(13)4-10-8/h4H,3H2,1-2H3,(H,9,13)(H,12,14). The van der Waals surface area contributed by atoms with Gasteiger partial charge in [-0.1, -0.05) is 0 Å². The Morgan fingerprint density at radius 2 is 2.14 bits per heavy atom. The summed E-state index contributed by atoms with van der Waals surface area (Å²) in [5.41, 5.74) is 10.9. The molecule has 0 aromatic carbocycles. The minimum absolute atomic E-state index is 0.221. The molecule has 0 fully saturated rings. The van der Waals surface area contributed by atoms with Crippen LogP contribution in [0, 0.1) is 0 Å². The van der Waals surface area contributed by atoms with Gasteiger partial charge in [0.1, 0.15) is 0 Å². The smallest absolute Gasteiger partial charge is 0.344 e. The fourth-order valence-corrected chi connectivity index (χ4v) is 0.479. The summed E-state index contributed by atoms with van der Waals surface area (Å²) in [6.45, 7) is 3.22. The molecule has 0 saturated heterocycles. The average molecular weight is 197 g/mol. The number of hydrazone groups is 1. The number of nitrogens with zero attached hydrogens (tertiary/aromatic N) is 3. The largest absolute Gasteiger partial charge is 0.361 e. The highest BCUT2D eigenvalue weighted by Gasteiger charge is 2.04. The first-order valence-corrected chi connectivity index (χ1v) is 3.81. The molecule has 2 amide bonds. The van der Waals surface area contributed by atoms with Gasteiger partial charge in [0.15, 0.2) is 0 Å². The molecular formula is C7H11N5O2. The zero-order valence-electron chi connectivity index (χ0n) is 7.94. The van der Waals surface area contributed by atoms with Gasteiger partial charge in [0.05, 0.1) is 6.54 Å². The number of hydrogen-bond acceptors (Lipinski definition) is 3. The van der Waals surface area contributed by atoms with Crippen molar-refractivity contribution in [3.05, 3.63) is 5.53 Å². The molecular weight excluding hydrogens is 186 g/mol. The molecule has 0 bridgehead atoms. The molecule has 0 aliphatic heterocycles.